The van der Waals surface area contributed by atoms with Gasteiger partial charge in [0.15, 0.2) is 17.3 Å². The van der Waals surface area contributed by atoms with Crippen molar-refractivity contribution in [2.75, 3.05) is 43.9 Å². The van der Waals surface area contributed by atoms with E-state index in [1.54, 1.807) is 24.3 Å². The van der Waals surface area contributed by atoms with E-state index in [1.807, 2.05) is 19.1 Å². The molecule has 0 unspecified atom stereocenters. The Hall–Kier alpha value is -4.05. The second-order valence-electron chi connectivity index (χ2n) is 8.25. The molecule has 196 valence electrons. The number of aromatic hydroxyl groups is 1. The molecule has 0 aliphatic carbocycles. The van der Waals surface area contributed by atoms with Crippen LogP contribution in [0.5, 0.6) is 11.5 Å². The molecule has 0 spiro atoms. The van der Waals surface area contributed by atoms with Crippen LogP contribution in [-0.4, -0.2) is 60.2 Å². The molecule has 0 saturated heterocycles. The largest absolute Gasteiger partial charge is 0.504 e. The van der Waals surface area contributed by atoms with Crippen molar-refractivity contribution in [3.05, 3.63) is 58.6 Å². The van der Waals surface area contributed by atoms with Gasteiger partial charge in [-0.2, -0.15) is 0 Å². The van der Waals surface area contributed by atoms with Crippen LogP contribution in [0, 0.1) is 6.92 Å². The number of benzene rings is 2. The Morgan fingerprint density at radius 1 is 0.946 bits per heavy atom. The number of rotatable bonds is 12. The van der Waals surface area contributed by atoms with Gasteiger partial charge < -0.3 is 31.1 Å². The van der Waals surface area contributed by atoms with Gasteiger partial charge in [0.25, 0.3) is 0 Å². The van der Waals surface area contributed by atoms with E-state index >= 15 is 0 Å². The highest BCUT2D eigenvalue weighted by Crippen LogP contribution is 2.27. The van der Waals surface area contributed by atoms with Crippen molar-refractivity contribution in [1.29, 1.82) is 0 Å². The standard InChI is InChI=1S/C26H31ClN6O4/c1-16-24(30-12-10-28-17(2)34)32-26(19-5-7-20(27)8-6-19)33-25(16)31-13-11-29-23(36)15-18-4-9-22(37-3)21(35)14-18/h4-9,14,35H,10-13,15H2,1-3H3,(H,28,34)(H,29,36)(H2,30,31,32,33). The van der Waals surface area contributed by atoms with Crippen LogP contribution in [-0.2, 0) is 16.0 Å². The molecule has 0 bridgehead atoms. The van der Waals surface area contributed by atoms with Gasteiger partial charge in [-0.25, -0.2) is 9.97 Å². The Morgan fingerprint density at radius 3 is 2.14 bits per heavy atom. The summed E-state index contributed by atoms with van der Waals surface area (Å²) >= 11 is 6.03. The third kappa shape index (κ3) is 8.25. The molecule has 1 heterocycles. The van der Waals surface area contributed by atoms with Crippen molar-refractivity contribution < 1.29 is 19.4 Å². The summed E-state index contributed by atoms with van der Waals surface area (Å²) in [7, 11) is 1.47. The molecule has 11 heteroatoms. The average Bonchev–Trinajstić information content (AvgIpc) is 2.86. The number of carbonyl (C=O) groups is 2. The Bertz CT molecular complexity index is 1240. The zero-order valence-electron chi connectivity index (χ0n) is 21.0. The van der Waals surface area contributed by atoms with E-state index < -0.39 is 0 Å². The predicted molar refractivity (Wildman–Crippen MR) is 144 cm³/mol. The minimum Gasteiger partial charge on any atom is -0.504 e. The fourth-order valence-corrected chi connectivity index (χ4v) is 3.61. The van der Waals surface area contributed by atoms with Crippen LogP contribution in [0.15, 0.2) is 42.5 Å². The van der Waals surface area contributed by atoms with E-state index in [9.17, 15) is 14.7 Å². The number of methoxy groups -OCH3 is 1. The summed E-state index contributed by atoms with van der Waals surface area (Å²) in [5.74, 6) is 1.84. The van der Waals surface area contributed by atoms with E-state index in [0.717, 1.165) is 11.1 Å². The van der Waals surface area contributed by atoms with Gasteiger partial charge in [-0.05, 0) is 48.9 Å². The Kier molecular flexibility index (Phi) is 9.91. The molecular weight excluding hydrogens is 496 g/mol. The van der Waals surface area contributed by atoms with Gasteiger partial charge in [0.2, 0.25) is 11.8 Å². The molecule has 0 saturated carbocycles. The third-order valence-electron chi connectivity index (χ3n) is 5.39. The summed E-state index contributed by atoms with van der Waals surface area (Å²) in [4.78, 5) is 32.8. The number of anilines is 2. The maximum atomic E-state index is 12.3. The number of carbonyl (C=O) groups excluding carboxylic acids is 2. The highest BCUT2D eigenvalue weighted by Gasteiger charge is 2.13. The first-order chi connectivity index (χ1) is 17.8. The summed E-state index contributed by atoms with van der Waals surface area (Å²) in [6, 6.07) is 12.1. The number of halogens is 1. The molecule has 3 rings (SSSR count). The highest BCUT2D eigenvalue weighted by atomic mass is 35.5. The second kappa shape index (κ2) is 13.3. The molecule has 37 heavy (non-hydrogen) atoms. The number of hydrogen-bond donors (Lipinski definition) is 5. The van der Waals surface area contributed by atoms with E-state index in [1.165, 1.54) is 20.1 Å². The quantitative estimate of drug-likeness (QED) is 0.227. The molecule has 0 atom stereocenters. The van der Waals surface area contributed by atoms with Crippen LogP contribution in [0.3, 0.4) is 0 Å². The maximum Gasteiger partial charge on any atom is 0.224 e. The van der Waals surface area contributed by atoms with Gasteiger partial charge in [-0.15, -0.1) is 0 Å². The fraction of sp³-hybridized carbons (Fsp3) is 0.308. The van der Waals surface area contributed by atoms with Gasteiger partial charge in [0.1, 0.15) is 11.6 Å². The number of ether oxygens (including phenoxy) is 1. The first kappa shape index (κ1) is 27.5. The number of nitrogens with zero attached hydrogens (tertiary/aromatic N) is 2. The summed E-state index contributed by atoms with van der Waals surface area (Å²) in [5, 5.41) is 22.6. The van der Waals surface area contributed by atoms with Crippen molar-refractivity contribution in [1.82, 2.24) is 20.6 Å². The zero-order chi connectivity index (χ0) is 26.8. The van der Waals surface area contributed by atoms with E-state index in [0.29, 0.717) is 60.0 Å². The topological polar surface area (TPSA) is 138 Å². The minimum atomic E-state index is -0.173. The summed E-state index contributed by atoms with van der Waals surface area (Å²) in [5.41, 5.74) is 2.28. The van der Waals surface area contributed by atoms with Crippen LogP contribution in [0.1, 0.15) is 18.1 Å². The second-order valence-corrected chi connectivity index (χ2v) is 8.68. The molecule has 0 aliphatic heterocycles. The number of amides is 2. The van der Waals surface area contributed by atoms with Gasteiger partial charge in [-0.1, -0.05) is 17.7 Å². The number of aromatic nitrogens is 2. The predicted octanol–water partition coefficient (Wildman–Crippen LogP) is 3.14. The number of hydrogen-bond acceptors (Lipinski definition) is 8. The molecule has 0 fully saturated rings. The van der Waals surface area contributed by atoms with Crippen LogP contribution < -0.4 is 26.0 Å². The first-order valence-electron chi connectivity index (χ1n) is 11.8. The minimum absolute atomic E-state index is 0.00770. The number of phenolic OH excluding ortho intramolecular Hbond substituents is 1. The Balaban J connectivity index is 1.63. The molecule has 2 aromatic carbocycles. The molecule has 0 radical (unpaired) electrons. The SMILES string of the molecule is COc1ccc(CC(=O)NCCNc2nc(-c3ccc(Cl)cc3)nc(NCCNC(C)=O)c2C)cc1O. The maximum absolute atomic E-state index is 12.3. The van der Waals surface area contributed by atoms with Gasteiger partial charge >= 0.3 is 0 Å². The summed E-state index contributed by atoms with van der Waals surface area (Å²) in [6.07, 6.45) is 0.132. The lowest BCUT2D eigenvalue weighted by Crippen LogP contribution is -2.30. The molecule has 0 aliphatic rings. The van der Waals surface area contributed by atoms with Crippen molar-refractivity contribution in [2.24, 2.45) is 0 Å². The lowest BCUT2D eigenvalue weighted by molar-refractivity contribution is -0.120. The molecule has 10 nitrogen and oxygen atoms in total. The fourth-order valence-electron chi connectivity index (χ4n) is 3.48. The van der Waals surface area contributed by atoms with E-state index in [-0.39, 0.29) is 24.0 Å². The average molecular weight is 527 g/mol. The van der Waals surface area contributed by atoms with Crippen molar-refractivity contribution >= 4 is 35.1 Å². The number of phenols is 1. The van der Waals surface area contributed by atoms with Crippen LogP contribution in [0.2, 0.25) is 5.02 Å². The Labute approximate surface area is 220 Å². The normalized spacial score (nSPS) is 10.5. The number of nitrogens with one attached hydrogen (secondary N) is 4. The molecule has 3 aromatic rings. The molecule has 2 amide bonds. The van der Waals surface area contributed by atoms with Crippen molar-refractivity contribution in [3.8, 4) is 22.9 Å². The zero-order valence-corrected chi connectivity index (χ0v) is 21.8. The summed E-state index contributed by atoms with van der Waals surface area (Å²) in [6.45, 7) is 5.11. The van der Waals surface area contributed by atoms with Crippen LogP contribution >= 0.6 is 11.6 Å². The van der Waals surface area contributed by atoms with Crippen molar-refractivity contribution in [3.63, 3.8) is 0 Å². The van der Waals surface area contributed by atoms with Crippen molar-refractivity contribution in [2.45, 2.75) is 20.3 Å². The lowest BCUT2D eigenvalue weighted by atomic mass is 10.1. The van der Waals surface area contributed by atoms with Gasteiger partial charge in [0.05, 0.1) is 13.5 Å². The van der Waals surface area contributed by atoms with E-state index in [4.69, 9.17) is 16.3 Å². The summed E-state index contributed by atoms with van der Waals surface area (Å²) < 4.78 is 5.03. The molecular formula is C26H31ClN6O4. The monoisotopic (exact) mass is 526 g/mol. The van der Waals surface area contributed by atoms with Crippen LogP contribution in [0.25, 0.3) is 11.4 Å². The van der Waals surface area contributed by atoms with Crippen LogP contribution in [0.4, 0.5) is 11.6 Å². The Morgan fingerprint density at radius 2 is 1.57 bits per heavy atom. The third-order valence-corrected chi connectivity index (χ3v) is 5.64. The molecule has 1 aromatic heterocycles. The highest BCUT2D eigenvalue weighted by molar-refractivity contribution is 6.30. The lowest BCUT2D eigenvalue weighted by Gasteiger charge is -2.16. The first-order valence-corrected chi connectivity index (χ1v) is 12.1. The van der Waals surface area contributed by atoms with Gasteiger partial charge in [0, 0.05) is 49.3 Å². The molecule has 5 N–H and O–H groups in total. The smallest absolute Gasteiger partial charge is 0.224 e. The van der Waals surface area contributed by atoms with E-state index in [2.05, 4.69) is 31.2 Å². The van der Waals surface area contributed by atoms with Gasteiger partial charge in [-0.3, -0.25) is 9.59 Å².